The zero-order chi connectivity index (χ0) is 16.9. The Morgan fingerprint density at radius 3 is 2.75 bits per heavy atom. The summed E-state index contributed by atoms with van der Waals surface area (Å²) < 4.78 is 16.9. The number of halogens is 1. The molecule has 2 aromatic heterocycles. The van der Waals surface area contributed by atoms with Gasteiger partial charge >= 0.3 is 0 Å². The summed E-state index contributed by atoms with van der Waals surface area (Å²) >= 11 is 1.28. The summed E-state index contributed by atoms with van der Waals surface area (Å²) in [4.78, 5) is 12.1. The SMILES string of the molecule is CCc1nnc(SCC(=O)Nc2cccc(F)c2)n1-n1cccc1. The van der Waals surface area contributed by atoms with Gasteiger partial charge in [0.05, 0.1) is 5.75 Å². The first-order chi connectivity index (χ1) is 11.7. The van der Waals surface area contributed by atoms with E-state index in [1.165, 1.54) is 23.9 Å². The van der Waals surface area contributed by atoms with Gasteiger partial charge in [-0.05, 0) is 30.3 Å². The Morgan fingerprint density at radius 1 is 1.25 bits per heavy atom. The highest BCUT2D eigenvalue weighted by atomic mass is 32.2. The molecule has 8 heteroatoms. The maximum Gasteiger partial charge on any atom is 0.234 e. The second-order valence-electron chi connectivity index (χ2n) is 4.97. The van der Waals surface area contributed by atoms with Crippen LogP contribution in [0.5, 0.6) is 0 Å². The van der Waals surface area contributed by atoms with Gasteiger partial charge in [-0.15, -0.1) is 10.2 Å². The van der Waals surface area contributed by atoms with Gasteiger partial charge < -0.3 is 5.32 Å². The van der Waals surface area contributed by atoms with E-state index in [1.54, 1.807) is 12.1 Å². The molecule has 0 aliphatic rings. The fourth-order valence-electron chi connectivity index (χ4n) is 2.19. The van der Waals surface area contributed by atoms with Crippen LogP contribution in [-0.2, 0) is 11.2 Å². The van der Waals surface area contributed by atoms with E-state index < -0.39 is 0 Å². The zero-order valence-corrected chi connectivity index (χ0v) is 13.8. The number of carbonyl (C=O) groups excluding carboxylic acids is 1. The standard InChI is InChI=1S/C16H16FN5OS/c1-2-14-19-20-16(22(14)21-8-3-4-9-21)24-11-15(23)18-13-7-5-6-12(17)10-13/h3-10H,2,11H2,1H3,(H,18,23). The Labute approximate surface area is 142 Å². The molecule has 3 aromatic rings. The number of nitrogens with one attached hydrogen (secondary N) is 1. The molecule has 0 saturated carbocycles. The van der Waals surface area contributed by atoms with Gasteiger partial charge in [0.1, 0.15) is 5.82 Å². The highest BCUT2D eigenvalue weighted by Gasteiger charge is 2.14. The van der Waals surface area contributed by atoms with Gasteiger partial charge in [0.15, 0.2) is 5.82 Å². The molecule has 0 fully saturated rings. The molecule has 1 aromatic carbocycles. The summed E-state index contributed by atoms with van der Waals surface area (Å²) in [6, 6.07) is 9.61. The zero-order valence-electron chi connectivity index (χ0n) is 13.0. The molecular formula is C16H16FN5OS. The second kappa shape index (κ2) is 7.31. The van der Waals surface area contributed by atoms with E-state index >= 15 is 0 Å². The molecular weight excluding hydrogens is 329 g/mol. The number of aromatic nitrogens is 4. The van der Waals surface area contributed by atoms with Crippen LogP contribution in [0.1, 0.15) is 12.7 Å². The minimum atomic E-state index is -0.389. The monoisotopic (exact) mass is 345 g/mol. The second-order valence-corrected chi connectivity index (χ2v) is 5.92. The summed E-state index contributed by atoms with van der Waals surface area (Å²) in [7, 11) is 0. The lowest BCUT2D eigenvalue weighted by atomic mass is 10.3. The van der Waals surface area contributed by atoms with Gasteiger partial charge in [-0.3, -0.25) is 9.47 Å². The van der Waals surface area contributed by atoms with Gasteiger partial charge in [-0.1, -0.05) is 24.8 Å². The molecule has 1 N–H and O–H groups in total. The number of benzene rings is 1. The predicted molar refractivity (Wildman–Crippen MR) is 90.4 cm³/mol. The summed E-state index contributed by atoms with van der Waals surface area (Å²) in [5.41, 5.74) is 0.432. The molecule has 0 aliphatic heterocycles. The number of rotatable bonds is 6. The van der Waals surface area contributed by atoms with Crippen LogP contribution in [0.3, 0.4) is 0 Å². The first kappa shape index (κ1) is 16.3. The number of hydrogen-bond donors (Lipinski definition) is 1. The van der Waals surface area contributed by atoms with Crippen molar-refractivity contribution in [2.75, 3.05) is 11.1 Å². The molecule has 24 heavy (non-hydrogen) atoms. The highest BCUT2D eigenvalue weighted by Crippen LogP contribution is 2.18. The summed E-state index contributed by atoms with van der Waals surface area (Å²) in [5, 5.41) is 11.6. The van der Waals surface area contributed by atoms with E-state index in [1.807, 2.05) is 40.8 Å². The molecule has 3 rings (SSSR count). The topological polar surface area (TPSA) is 64.7 Å². The number of thioether (sulfide) groups is 1. The maximum atomic E-state index is 13.1. The number of anilines is 1. The number of nitrogens with zero attached hydrogens (tertiary/aromatic N) is 4. The van der Waals surface area contributed by atoms with Gasteiger partial charge in [-0.2, -0.15) is 0 Å². The average Bonchev–Trinajstić information content (AvgIpc) is 3.21. The van der Waals surface area contributed by atoms with Crippen molar-refractivity contribution in [3.05, 3.63) is 60.4 Å². The third-order valence-corrected chi connectivity index (χ3v) is 4.17. The number of amides is 1. The first-order valence-electron chi connectivity index (χ1n) is 7.43. The summed E-state index contributed by atoms with van der Waals surface area (Å²) in [6.45, 7) is 2.00. The number of hydrogen-bond acceptors (Lipinski definition) is 4. The number of carbonyl (C=O) groups is 1. The lowest BCUT2D eigenvalue weighted by molar-refractivity contribution is -0.113. The molecule has 0 bridgehead atoms. The van der Waals surface area contributed by atoms with Crippen LogP contribution < -0.4 is 5.32 Å². The quantitative estimate of drug-likeness (QED) is 0.698. The Hall–Kier alpha value is -2.61. The normalized spacial score (nSPS) is 10.8. The minimum Gasteiger partial charge on any atom is -0.325 e. The molecule has 0 radical (unpaired) electrons. The third-order valence-electron chi connectivity index (χ3n) is 3.25. The van der Waals surface area contributed by atoms with Crippen molar-refractivity contribution in [2.24, 2.45) is 0 Å². The van der Waals surface area contributed by atoms with Gasteiger partial charge in [-0.25, -0.2) is 9.07 Å². The van der Waals surface area contributed by atoms with E-state index in [-0.39, 0.29) is 17.5 Å². The molecule has 0 atom stereocenters. The third kappa shape index (κ3) is 3.65. The molecule has 0 spiro atoms. The van der Waals surface area contributed by atoms with Crippen LogP contribution in [0.15, 0.2) is 53.9 Å². The smallest absolute Gasteiger partial charge is 0.234 e. The predicted octanol–water partition coefficient (Wildman–Crippen LogP) is 2.82. The largest absolute Gasteiger partial charge is 0.325 e. The molecule has 2 heterocycles. The van der Waals surface area contributed by atoms with E-state index in [0.717, 1.165) is 12.2 Å². The van der Waals surface area contributed by atoms with Crippen LogP contribution >= 0.6 is 11.8 Å². The molecule has 1 amide bonds. The number of aryl methyl sites for hydroxylation is 1. The lowest BCUT2D eigenvalue weighted by Crippen LogP contribution is -2.16. The molecule has 6 nitrogen and oxygen atoms in total. The van der Waals surface area contributed by atoms with Crippen molar-refractivity contribution in [1.29, 1.82) is 0 Å². The van der Waals surface area contributed by atoms with Crippen LogP contribution in [0.25, 0.3) is 0 Å². The first-order valence-corrected chi connectivity index (χ1v) is 8.42. The van der Waals surface area contributed by atoms with Crippen molar-refractivity contribution < 1.29 is 9.18 Å². The Kier molecular flexibility index (Phi) is 4.95. The van der Waals surface area contributed by atoms with E-state index in [2.05, 4.69) is 15.5 Å². The van der Waals surface area contributed by atoms with Crippen molar-refractivity contribution >= 4 is 23.4 Å². The van der Waals surface area contributed by atoms with Crippen molar-refractivity contribution in [2.45, 2.75) is 18.5 Å². The van der Waals surface area contributed by atoms with Gasteiger partial charge in [0.25, 0.3) is 0 Å². The summed E-state index contributed by atoms with van der Waals surface area (Å²) in [6.07, 6.45) is 4.50. The van der Waals surface area contributed by atoms with Gasteiger partial charge in [0.2, 0.25) is 11.1 Å². The summed E-state index contributed by atoms with van der Waals surface area (Å²) in [5.74, 6) is 0.338. The highest BCUT2D eigenvalue weighted by molar-refractivity contribution is 7.99. The minimum absolute atomic E-state index is 0.152. The van der Waals surface area contributed by atoms with Crippen molar-refractivity contribution in [1.82, 2.24) is 19.5 Å². The Morgan fingerprint density at radius 2 is 2.04 bits per heavy atom. The Bertz CT molecular complexity index is 831. The molecule has 0 saturated heterocycles. The maximum absolute atomic E-state index is 13.1. The van der Waals surface area contributed by atoms with Gasteiger partial charge in [0, 0.05) is 24.5 Å². The average molecular weight is 345 g/mol. The van der Waals surface area contributed by atoms with E-state index in [0.29, 0.717) is 10.8 Å². The molecule has 0 aliphatic carbocycles. The molecule has 0 unspecified atom stereocenters. The van der Waals surface area contributed by atoms with Crippen LogP contribution in [0.2, 0.25) is 0 Å². The van der Waals surface area contributed by atoms with Crippen LogP contribution in [-0.4, -0.2) is 31.2 Å². The fourth-order valence-corrected chi connectivity index (χ4v) is 2.94. The molecule has 124 valence electrons. The van der Waals surface area contributed by atoms with Crippen molar-refractivity contribution in [3.63, 3.8) is 0 Å². The van der Waals surface area contributed by atoms with E-state index in [4.69, 9.17) is 0 Å². The van der Waals surface area contributed by atoms with E-state index in [9.17, 15) is 9.18 Å². The Balaban J connectivity index is 1.69. The van der Waals surface area contributed by atoms with Crippen LogP contribution in [0, 0.1) is 5.82 Å². The lowest BCUT2D eigenvalue weighted by Gasteiger charge is -2.10. The van der Waals surface area contributed by atoms with Crippen molar-refractivity contribution in [3.8, 4) is 0 Å². The van der Waals surface area contributed by atoms with Crippen LogP contribution in [0.4, 0.5) is 10.1 Å². The fraction of sp³-hybridized carbons (Fsp3) is 0.188.